The van der Waals surface area contributed by atoms with Crippen LogP contribution >= 0.6 is 11.3 Å². The van der Waals surface area contributed by atoms with Crippen LogP contribution in [-0.4, -0.2) is 17.1 Å². The molecule has 0 saturated heterocycles. The van der Waals surface area contributed by atoms with Crippen LogP contribution < -0.4 is 5.32 Å². The Morgan fingerprint density at radius 2 is 2.35 bits per heavy atom. The number of aliphatic carboxylic acids is 1. The van der Waals surface area contributed by atoms with Crippen LogP contribution in [0.25, 0.3) is 0 Å². The van der Waals surface area contributed by atoms with Crippen molar-refractivity contribution in [1.29, 1.82) is 0 Å². The lowest BCUT2D eigenvalue weighted by Crippen LogP contribution is -2.39. The Morgan fingerprint density at radius 3 is 3.06 bits per heavy atom. The van der Waals surface area contributed by atoms with Crippen molar-refractivity contribution in [2.45, 2.75) is 45.2 Å². The Labute approximate surface area is 106 Å². The van der Waals surface area contributed by atoms with Crippen LogP contribution in [0.15, 0.2) is 11.4 Å². The average Bonchev–Trinajstić information content (AvgIpc) is 2.76. The van der Waals surface area contributed by atoms with Gasteiger partial charge in [-0.2, -0.15) is 0 Å². The number of thiophene rings is 1. The Morgan fingerprint density at radius 1 is 1.59 bits per heavy atom. The van der Waals surface area contributed by atoms with Crippen molar-refractivity contribution >= 4 is 17.3 Å². The number of carboxylic acid groups (broad SMARTS) is 1. The Balaban J connectivity index is 2.04. The number of hydrogen-bond acceptors (Lipinski definition) is 3. The lowest BCUT2D eigenvalue weighted by atomic mass is 9.92. The van der Waals surface area contributed by atoms with Crippen LogP contribution in [0.2, 0.25) is 0 Å². The predicted molar refractivity (Wildman–Crippen MR) is 69.4 cm³/mol. The van der Waals surface area contributed by atoms with Gasteiger partial charge in [-0.25, -0.2) is 0 Å². The summed E-state index contributed by atoms with van der Waals surface area (Å²) in [5.41, 5.74) is 1.38. The predicted octanol–water partition coefficient (Wildman–Crippen LogP) is 2.82. The maximum absolute atomic E-state index is 10.9. The zero-order chi connectivity index (χ0) is 12.4. The molecular weight excluding hydrogens is 234 g/mol. The zero-order valence-corrected chi connectivity index (χ0v) is 11.1. The van der Waals surface area contributed by atoms with Crippen LogP contribution in [-0.2, 0) is 11.2 Å². The lowest BCUT2D eigenvalue weighted by Gasteiger charge is -2.28. The van der Waals surface area contributed by atoms with Crippen molar-refractivity contribution in [1.82, 2.24) is 5.32 Å². The number of aryl methyl sites for hydroxylation is 1. The van der Waals surface area contributed by atoms with Gasteiger partial charge in [0.2, 0.25) is 0 Å². The molecule has 94 valence electrons. The summed E-state index contributed by atoms with van der Waals surface area (Å²) in [6, 6.07) is 2.51. The summed E-state index contributed by atoms with van der Waals surface area (Å²) in [5.74, 6) is -1.08. The topological polar surface area (TPSA) is 49.3 Å². The number of carbonyl (C=O) groups is 1. The SMILES string of the molecule is CC(NC1CCCc2sccc21)C(C)C(=O)O. The number of rotatable bonds is 4. The second kappa shape index (κ2) is 5.19. The number of fused-ring (bicyclic) bond motifs is 1. The smallest absolute Gasteiger partial charge is 0.307 e. The van der Waals surface area contributed by atoms with E-state index in [0.29, 0.717) is 6.04 Å². The molecule has 1 aliphatic carbocycles. The van der Waals surface area contributed by atoms with Gasteiger partial charge in [0.05, 0.1) is 5.92 Å². The fourth-order valence-corrected chi connectivity index (χ4v) is 3.32. The van der Waals surface area contributed by atoms with E-state index in [4.69, 9.17) is 5.11 Å². The highest BCUT2D eigenvalue weighted by molar-refractivity contribution is 7.10. The van der Waals surface area contributed by atoms with Crippen LogP contribution in [0.3, 0.4) is 0 Å². The van der Waals surface area contributed by atoms with E-state index >= 15 is 0 Å². The molecule has 0 saturated carbocycles. The average molecular weight is 253 g/mol. The quantitative estimate of drug-likeness (QED) is 0.867. The summed E-state index contributed by atoms with van der Waals surface area (Å²) in [6.07, 6.45) is 3.48. The number of nitrogens with one attached hydrogen (secondary N) is 1. The molecule has 1 aliphatic rings. The molecule has 17 heavy (non-hydrogen) atoms. The molecule has 0 spiro atoms. The molecule has 0 amide bonds. The van der Waals surface area contributed by atoms with E-state index in [0.717, 1.165) is 6.42 Å². The molecule has 2 N–H and O–H groups in total. The first kappa shape index (κ1) is 12.6. The van der Waals surface area contributed by atoms with Gasteiger partial charge in [0.1, 0.15) is 0 Å². The third-order valence-corrected chi connectivity index (χ3v) is 4.65. The van der Waals surface area contributed by atoms with Gasteiger partial charge < -0.3 is 10.4 Å². The molecule has 0 radical (unpaired) electrons. The highest BCUT2D eigenvalue weighted by atomic mass is 32.1. The van der Waals surface area contributed by atoms with Gasteiger partial charge in [-0.1, -0.05) is 6.92 Å². The van der Waals surface area contributed by atoms with E-state index in [1.165, 1.54) is 23.3 Å². The fourth-order valence-electron chi connectivity index (χ4n) is 2.34. The van der Waals surface area contributed by atoms with E-state index in [1.54, 1.807) is 6.92 Å². The van der Waals surface area contributed by atoms with Crippen LogP contribution in [0, 0.1) is 5.92 Å². The molecule has 1 aromatic rings. The van der Waals surface area contributed by atoms with Gasteiger partial charge in [0.15, 0.2) is 0 Å². The summed E-state index contributed by atoms with van der Waals surface area (Å²) in [5, 5.41) is 14.6. The van der Waals surface area contributed by atoms with E-state index < -0.39 is 5.97 Å². The molecule has 0 bridgehead atoms. The minimum atomic E-state index is -0.730. The summed E-state index contributed by atoms with van der Waals surface area (Å²) >= 11 is 1.81. The first-order valence-electron chi connectivity index (χ1n) is 6.14. The van der Waals surface area contributed by atoms with E-state index in [9.17, 15) is 4.79 Å². The van der Waals surface area contributed by atoms with Gasteiger partial charge in [-0.15, -0.1) is 11.3 Å². The zero-order valence-electron chi connectivity index (χ0n) is 10.3. The second-order valence-corrected chi connectivity index (χ2v) is 5.83. The third kappa shape index (κ3) is 2.69. The van der Waals surface area contributed by atoms with Gasteiger partial charge >= 0.3 is 5.97 Å². The van der Waals surface area contributed by atoms with Crippen molar-refractivity contribution in [3.05, 3.63) is 21.9 Å². The van der Waals surface area contributed by atoms with Gasteiger partial charge in [-0.05, 0) is 43.2 Å². The summed E-state index contributed by atoms with van der Waals surface area (Å²) < 4.78 is 0. The first-order chi connectivity index (χ1) is 8.09. The first-order valence-corrected chi connectivity index (χ1v) is 7.02. The lowest BCUT2D eigenvalue weighted by molar-refractivity contribution is -0.142. The van der Waals surface area contributed by atoms with Crippen molar-refractivity contribution in [3.8, 4) is 0 Å². The molecule has 2 rings (SSSR count). The second-order valence-electron chi connectivity index (χ2n) is 4.83. The molecule has 3 nitrogen and oxygen atoms in total. The molecule has 3 unspecified atom stereocenters. The maximum Gasteiger partial charge on any atom is 0.307 e. The minimum absolute atomic E-state index is 0.00310. The van der Waals surface area contributed by atoms with E-state index in [2.05, 4.69) is 16.8 Å². The molecular formula is C13H19NO2S. The minimum Gasteiger partial charge on any atom is -0.481 e. The summed E-state index contributed by atoms with van der Waals surface area (Å²) in [7, 11) is 0. The largest absolute Gasteiger partial charge is 0.481 e. The molecule has 1 aromatic heterocycles. The monoisotopic (exact) mass is 253 g/mol. The van der Waals surface area contributed by atoms with Crippen molar-refractivity contribution in [2.24, 2.45) is 5.92 Å². The number of carboxylic acids is 1. The van der Waals surface area contributed by atoms with Crippen LogP contribution in [0.1, 0.15) is 43.2 Å². The molecule has 4 heteroatoms. The molecule has 1 heterocycles. The van der Waals surface area contributed by atoms with Crippen molar-refractivity contribution < 1.29 is 9.90 Å². The van der Waals surface area contributed by atoms with Gasteiger partial charge in [0.25, 0.3) is 0 Å². The Hall–Kier alpha value is -0.870. The fraction of sp³-hybridized carbons (Fsp3) is 0.615. The van der Waals surface area contributed by atoms with E-state index in [-0.39, 0.29) is 12.0 Å². The molecule has 0 aliphatic heterocycles. The van der Waals surface area contributed by atoms with E-state index in [1.807, 2.05) is 18.3 Å². The Bertz CT molecular complexity index is 402. The van der Waals surface area contributed by atoms with Crippen molar-refractivity contribution in [2.75, 3.05) is 0 Å². The molecule has 0 aromatic carbocycles. The standard InChI is InChI=1S/C13H19NO2S/c1-8(13(15)16)9(2)14-11-4-3-5-12-10(11)6-7-17-12/h6-9,11,14H,3-5H2,1-2H3,(H,15,16). The normalized spacial score (nSPS) is 22.8. The highest BCUT2D eigenvalue weighted by Crippen LogP contribution is 2.33. The van der Waals surface area contributed by atoms with Crippen LogP contribution in [0.5, 0.6) is 0 Å². The van der Waals surface area contributed by atoms with Gasteiger partial charge in [0, 0.05) is 17.0 Å². The van der Waals surface area contributed by atoms with Crippen molar-refractivity contribution in [3.63, 3.8) is 0 Å². The van der Waals surface area contributed by atoms with Gasteiger partial charge in [-0.3, -0.25) is 4.79 Å². The highest BCUT2D eigenvalue weighted by Gasteiger charge is 2.26. The third-order valence-electron chi connectivity index (χ3n) is 3.66. The maximum atomic E-state index is 10.9. The molecule has 0 fully saturated rings. The Kier molecular flexibility index (Phi) is 3.84. The number of hydrogen-bond donors (Lipinski definition) is 2. The summed E-state index contributed by atoms with van der Waals surface area (Å²) in [6.45, 7) is 3.72. The summed E-state index contributed by atoms with van der Waals surface area (Å²) in [4.78, 5) is 12.4. The molecule has 3 atom stereocenters. The van der Waals surface area contributed by atoms with Crippen LogP contribution in [0.4, 0.5) is 0 Å².